The van der Waals surface area contributed by atoms with Crippen LogP contribution < -0.4 is 24.8 Å². The predicted molar refractivity (Wildman–Crippen MR) is 153 cm³/mol. The number of nitrogens with one attached hydrogen (secondary N) is 2. The number of methoxy groups -OCH3 is 1. The van der Waals surface area contributed by atoms with E-state index in [0.717, 1.165) is 22.6 Å². The summed E-state index contributed by atoms with van der Waals surface area (Å²) in [5.41, 5.74) is 1.78. The highest BCUT2D eigenvalue weighted by molar-refractivity contribution is 5.98. The number of aromatic nitrogens is 1. The molecule has 0 aliphatic rings. The predicted octanol–water partition coefficient (Wildman–Crippen LogP) is 4.68. The second-order valence-corrected chi connectivity index (χ2v) is 9.68. The van der Waals surface area contributed by atoms with Gasteiger partial charge in [-0.3, -0.25) is 9.59 Å². The van der Waals surface area contributed by atoms with Crippen LogP contribution >= 0.6 is 0 Å². The largest absolute Gasteiger partial charge is 0.503 e. The minimum absolute atomic E-state index is 0.118. The van der Waals surface area contributed by atoms with Crippen molar-refractivity contribution in [1.29, 1.82) is 0 Å². The van der Waals surface area contributed by atoms with Crippen molar-refractivity contribution in [3.05, 3.63) is 77.6 Å². The van der Waals surface area contributed by atoms with E-state index in [4.69, 9.17) is 14.2 Å². The zero-order chi connectivity index (χ0) is 29.2. The van der Waals surface area contributed by atoms with E-state index < -0.39 is 11.9 Å². The molecule has 0 aliphatic carbocycles. The highest BCUT2D eigenvalue weighted by Crippen LogP contribution is 2.31. The molecule has 2 aromatic carbocycles. The molecule has 9 heteroatoms. The number of rotatable bonds is 13. The molecule has 3 rings (SSSR count). The molecule has 214 valence electrons. The fraction of sp³-hybridized carbons (Fsp3) is 0.387. The maximum absolute atomic E-state index is 13.5. The van der Waals surface area contributed by atoms with Crippen LogP contribution in [0.4, 0.5) is 0 Å². The fourth-order valence-corrected chi connectivity index (χ4v) is 4.56. The van der Waals surface area contributed by atoms with Crippen LogP contribution in [-0.4, -0.2) is 54.3 Å². The summed E-state index contributed by atoms with van der Waals surface area (Å²) in [7, 11) is 1.38. The lowest BCUT2D eigenvalue weighted by atomic mass is 9.85. The van der Waals surface area contributed by atoms with Gasteiger partial charge in [-0.2, -0.15) is 0 Å². The Morgan fingerprint density at radius 2 is 1.38 bits per heavy atom. The van der Waals surface area contributed by atoms with Crippen LogP contribution in [0.1, 0.15) is 62.2 Å². The Bertz CT molecular complexity index is 1210. The lowest BCUT2D eigenvalue weighted by Crippen LogP contribution is -2.52. The lowest BCUT2D eigenvalue weighted by Gasteiger charge is -2.29. The highest BCUT2D eigenvalue weighted by atomic mass is 16.5. The Morgan fingerprint density at radius 3 is 1.82 bits per heavy atom. The molecule has 0 spiro atoms. The second-order valence-electron chi connectivity index (χ2n) is 9.68. The molecule has 1 aromatic heterocycles. The maximum atomic E-state index is 13.5. The van der Waals surface area contributed by atoms with Crippen LogP contribution in [0.5, 0.6) is 23.0 Å². The average molecular weight is 550 g/mol. The van der Waals surface area contributed by atoms with Crippen LogP contribution in [-0.2, 0) is 4.79 Å². The smallest absolute Gasteiger partial charge is 0.274 e. The second kappa shape index (κ2) is 14.2. The molecule has 0 unspecified atom stereocenters. The molecule has 0 bridgehead atoms. The highest BCUT2D eigenvalue weighted by Gasteiger charge is 2.30. The Morgan fingerprint density at radius 1 is 0.850 bits per heavy atom. The van der Waals surface area contributed by atoms with E-state index in [9.17, 15) is 14.7 Å². The first-order chi connectivity index (χ1) is 19.2. The molecule has 1 heterocycles. The zero-order valence-electron chi connectivity index (χ0n) is 23.9. The van der Waals surface area contributed by atoms with Crippen LogP contribution in [0, 0.1) is 5.92 Å². The third-order valence-corrected chi connectivity index (χ3v) is 6.53. The summed E-state index contributed by atoms with van der Waals surface area (Å²) in [4.78, 5) is 30.5. The lowest BCUT2D eigenvalue weighted by molar-refractivity contribution is -0.124. The number of carbonyl (C=O) groups excluding carboxylic acids is 2. The summed E-state index contributed by atoms with van der Waals surface area (Å²) in [5, 5.41) is 16.2. The van der Waals surface area contributed by atoms with Crippen LogP contribution in [0.15, 0.2) is 60.8 Å². The van der Waals surface area contributed by atoms with Crippen molar-refractivity contribution in [2.45, 2.75) is 52.6 Å². The number of hydrogen-bond donors (Lipinski definition) is 3. The van der Waals surface area contributed by atoms with Gasteiger partial charge in [0.25, 0.3) is 5.91 Å². The van der Waals surface area contributed by atoms with Crippen LogP contribution in [0.3, 0.4) is 0 Å². The van der Waals surface area contributed by atoms with Gasteiger partial charge < -0.3 is 30.0 Å². The number of pyridine rings is 1. The minimum atomic E-state index is -0.872. The Balaban J connectivity index is 1.86. The van der Waals surface area contributed by atoms with Gasteiger partial charge in [-0.05, 0) is 62.1 Å². The van der Waals surface area contributed by atoms with Gasteiger partial charge in [0.05, 0.1) is 20.3 Å². The monoisotopic (exact) mass is 549 g/mol. The molecule has 40 heavy (non-hydrogen) atoms. The number of amides is 2. The number of carbonyl (C=O) groups is 2. The van der Waals surface area contributed by atoms with Gasteiger partial charge in [0.15, 0.2) is 17.2 Å². The van der Waals surface area contributed by atoms with E-state index in [-0.39, 0.29) is 41.0 Å². The van der Waals surface area contributed by atoms with Crippen molar-refractivity contribution in [1.82, 2.24) is 15.6 Å². The molecule has 0 saturated heterocycles. The Kier molecular flexibility index (Phi) is 10.8. The zero-order valence-corrected chi connectivity index (χ0v) is 23.9. The van der Waals surface area contributed by atoms with Gasteiger partial charge in [-0.1, -0.05) is 38.1 Å². The molecular formula is C31H39N3O6. The van der Waals surface area contributed by atoms with Crippen LogP contribution in [0.2, 0.25) is 0 Å². The number of nitrogens with zero attached hydrogens (tertiary/aromatic N) is 1. The SMILES string of the molecule is CCOc1ccc(C(c2ccc(OCC)cc2)[C@H](C)NC(=O)[C@@H](NC(=O)c2nccc(OC)c2O)C(C)C)cc1. The average Bonchev–Trinajstić information content (AvgIpc) is 2.93. The summed E-state index contributed by atoms with van der Waals surface area (Å²) >= 11 is 0. The van der Waals surface area contributed by atoms with E-state index in [1.807, 2.05) is 83.1 Å². The first kappa shape index (κ1) is 30.3. The summed E-state index contributed by atoms with van der Waals surface area (Å²) in [6.45, 7) is 10.6. The molecule has 0 aliphatic heterocycles. The van der Waals surface area contributed by atoms with Crippen molar-refractivity contribution >= 4 is 11.8 Å². The Labute approximate surface area is 235 Å². The molecule has 9 nitrogen and oxygen atoms in total. The normalized spacial score (nSPS) is 12.5. The van der Waals surface area contributed by atoms with E-state index in [2.05, 4.69) is 15.6 Å². The van der Waals surface area contributed by atoms with Gasteiger partial charge in [0.1, 0.15) is 17.5 Å². The topological polar surface area (TPSA) is 119 Å². The van der Waals surface area contributed by atoms with Gasteiger partial charge in [-0.25, -0.2) is 4.98 Å². The van der Waals surface area contributed by atoms with Gasteiger partial charge in [-0.15, -0.1) is 0 Å². The number of benzene rings is 2. The fourth-order valence-electron chi connectivity index (χ4n) is 4.56. The van der Waals surface area contributed by atoms with Crippen molar-refractivity contribution in [2.75, 3.05) is 20.3 Å². The maximum Gasteiger partial charge on any atom is 0.274 e. The molecule has 3 aromatic rings. The van der Waals surface area contributed by atoms with E-state index >= 15 is 0 Å². The summed E-state index contributed by atoms with van der Waals surface area (Å²) in [6, 6.07) is 15.9. The molecule has 0 fully saturated rings. The standard InChI is InChI=1S/C31H39N3O6/c1-7-39-23-13-9-21(10-14-23)26(22-11-15-24(16-12-22)40-8-2)20(5)33-30(36)27(19(3)4)34-31(37)28-29(35)25(38-6)17-18-32-28/h9-20,26-27,35H,7-8H2,1-6H3,(H,33,36)(H,34,37)/t20-,27-/m0/s1. The van der Waals surface area contributed by atoms with E-state index in [1.54, 1.807) is 0 Å². The van der Waals surface area contributed by atoms with Crippen molar-refractivity contribution in [3.63, 3.8) is 0 Å². The molecule has 3 N–H and O–H groups in total. The minimum Gasteiger partial charge on any atom is -0.503 e. The summed E-state index contributed by atoms with van der Waals surface area (Å²) in [5.74, 6) is -0.178. The molecular weight excluding hydrogens is 510 g/mol. The van der Waals surface area contributed by atoms with Crippen molar-refractivity contribution in [2.24, 2.45) is 5.92 Å². The van der Waals surface area contributed by atoms with Crippen LogP contribution in [0.25, 0.3) is 0 Å². The molecule has 0 radical (unpaired) electrons. The number of aromatic hydroxyl groups is 1. The molecule has 0 saturated carbocycles. The number of hydrogen-bond acceptors (Lipinski definition) is 7. The third-order valence-electron chi connectivity index (χ3n) is 6.53. The van der Waals surface area contributed by atoms with E-state index in [0.29, 0.717) is 13.2 Å². The van der Waals surface area contributed by atoms with Gasteiger partial charge >= 0.3 is 0 Å². The first-order valence-electron chi connectivity index (χ1n) is 13.5. The molecule has 2 amide bonds. The van der Waals surface area contributed by atoms with Crippen molar-refractivity contribution < 1.29 is 28.9 Å². The van der Waals surface area contributed by atoms with Crippen molar-refractivity contribution in [3.8, 4) is 23.0 Å². The quantitative estimate of drug-likeness (QED) is 0.283. The molecule has 2 atom stereocenters. The number of ether oxygens (including phenoxy) is 3. The van der Waals surface area contributed by atoms with Gasteiger partial charge in [0.2, 0.25) is 5.91 Å². The summed E-state index contributed by atoms with van der Waals surface area (Å²) < 4.78 is 16.3. The summed E-state index contributed by atoms with van der Waals surface area (Å²) in [6.07, 6.45) is 1.36. The first-order valence-corrected chi connectivity index (χ1v) is 13.5. The third kappa shape index (κ3) is 7.43. The van der Waals surface area contributed by atoms with E-state index in [1.165, 1.54) is 19.4 Å². The van der Waals surface area contributed by atoms with Gasteiger partial charge in [0, 0.05) is 24.2 Å². The Hall–Kier alpha value is -4.27.